The van der Waals surface area contributed by atoms with Gasteiger partial charge in [-0.1, -0.05) is 23.3 Å². The van der Waals surface area contributed by atoms with Gasteiger partial charge in [0.15, 0.2) is 0 Å². The van der Waals surface area contributed by atoms with Crippen LogP contribution in [0.4, 0.5) is 6.01 Å². The monoisotopic (exact) mass is 217 g/mol. The Bertz CT molecular complexity index is 505. The average molecular weight is 217 g/mol. The van der Waals surface area contributed by atoms with Gasteiger partial charge in [-0.05, 0) is 12.1 Å². The van der Waals surface area contributed by atoms with Crippen molar-refractivity contribution in [1.82, 2.24) is 10.2 Å². The van der Waals surface area contributed by atoms with Crippen molar-refractivity contribution >= 4 is 18.2 Å². The molecule has 1 aromatic heterocycles. The molecule has 82 valence electrons. The van der Waals surface area contributed by atoms with E-state index in [9.17, 15) is 0 Å². The van der Waals surface area contributed by atoms with Crippen molar-refractivity contribution in [3.63, 3.8) is 0 Å². The Kier molecular flexibility index (Phi) is 2.86. The number of hydrogen-bond acceptors (Lipinski definition) is 5. The first kappa shape index (κ1) is 10.2. The van der Waals surface area contributed by atoms with Crippen molar-refractivity contribution < 1.29 is 9.15 Å². The zero-order chi connectivity index (χ0) is 11.4. The molecule has 0 aliphatic heterocycles. The van der Waals surface area contributed by atoms with Crippen molar-refractivity contribution in [3.05, 3.63) is 35.7 Å². The van der Waals surface area contributed by atoms with Crippen molar-refractivity contribution in [3.8, 4) is 5.75 Å². The van der Waals surface area contributed by atoms with Gasteiger partial charge < -0.3 is 14.9 Å². The third-order valence-electron chi connectivity index (χ3n) is 2.00. The minimum atomic E-state index is 0.0553. The summed E-state index contributed by atoms with van der Waals surface area (Å²) in [5.41, 5.74) is 6.24. The number of aromatic nitrogens is 2. The Labute approximate surface area is 92.5 Å². The summed E-state index contributed by atoms with van der Waals surface area (Å²) < 4.78 is 10.2. The normalized spacial score (nSPS) is 10.8. The van der Waals surface area contributed by atoms with Gasteiger partial charge in [0.2, 0.25) is 5.89 Å². The summed E-state index contributed by atoms with van der Waals surface area (Å²) in [6.45, 7) is 0. The highest BCUT2D eigenvalue weighted by Gasteiger charge is 1.99. The number of anilines is 1. The van der Waals surface area contributed by atoms with Crippen LogP contribution in [0.15, 0.2) is 28.7 Å². The Morgan fingerprint density at radius 3 is 2.75 bits per heavy atom. The predicted molar refractivity (Wildman–Crippen MR) is 60.6 cm³/mol. The number of hydrogen-bond donors (Lipinski definition) is 1. The summed E-state index contributed by atoms with van der Waals surface area (Å²) in [6.07, 6.45) is 3.51. The second-order valence-electron chi connectivity index (χ2n) is 3.05. The molecule has 0 bridgehead atoms. The minimum Gasteiger partial charge on any atom is -0.496 e. The van der Waals surface area contributed by atoms with Crippen molar-refractivity contribution in [2.75, 3.05) is 12.8 Å². The van der Waals surface area contributed by atoms with Crippen LogP contribution in [0.1, 0.15) is 11.5 Å². The fraction of sp³-hybridized carbons (Fsp3) is 0.0909. The second-order valence-corrected chi connectivity index (χ2v) is 3.05. The number of benzene rings is 1. The third-order valence-corrected chi connectivity index (χ3v) is 2.00. The average Bonchev–Trinajstić information content (AvgIpc) is 2.73. The van der Waals surface area contributed by atoms with Crippen LogP contribution in [-0.2, 0) is 0 Å². The lowest BCUT2D eigenvalue weighted by Crippen LogP contribution is -1.85. The number of para-hydroxylation sites is 1. The molecule has 16 heavy (non-hydrogen) atoms. The maximum absolute atomic E-state index is 5.30. The zero-order valence-electron chi connectivity index (χ0n) is 8.75. The first-order valence-corrected chi connectivity index (χ1v) is 4.69. The van der Waals surface area contributed by atoms with E-state index in [1.807, 2.05) is 30.3 Å². The molecular weight excluding hydrogens is 206 g/mol. The molecule has 0 unspecified atom stereocenters. The highest BCUT2D eigenvalue weighted by molar-refractivity contribution is 5.69. The van der Waals surface area contributed by atoms with E-state index in [1.165, 1.54) is 0 Å². The van der Waals surface area contributed by atoms with Gasteiger partial charge in [0.25, 0.3) is 0 Å². The SMILES string of the molecule is COc1ccccc1/C=C/c1nnc(N)o1. The van der Waals surface area contributed by atoms with Gasteiger partial charge in [-0.15, -0.1) is 5.10 Å². The van der Waals surface area contributed by atoms with E-state index in [-0.39, 0.29) is 6.01 Å². The van der Waals surface area contributed by atoms with Gasteiger partial charge in [-0.3, -0.25) is 0 Å². The molecule has 0 fully saturated rings. The molecule has 0 spiro atoms. The fourth-order valence-electron chi connectivity index (χ4n) is 1.28. The molecule has 5 heteroatoms. The van der Waals surface area contributed by atoms with E-state index >= 15 is 0 Å². The van der Waals surface area contributed by atoms with Gasteiger partial charge in [0.05, 0.1) is 7.11 Å². The lowest BCUT2D eigenvalue weighted by molar-refractivity contribution is 0.414. The first-order valence-electron chi connectivity index (χ1n) is 4.69. The molecule has 2 N–H and O–H groups in total. The molecule has 0 amide bonds. The summed E-state index contributed by atoms with van der Waals surface area (Å²) >= 11 is 0. The van der Waals surface area contributed by atoms with Crippen molar-refractivity contribution in [1.29, 1.82) is 0 Å². The molecule has 1 heterocycles. The van der Waals surface area contributed by atoms with Crippen LogP contribution < -0.4 is 10.5 Å². The minimum absolute atomic E-state index is 0.0553. The molecular formula is C11H11N3O2. The Morgan fingerprint density at radius 1 is 1.25 bits per heavy atom. The van der Waals surface area contributed by atoms with Gasteiger partial charge in [-0.25, -0.2) is 0 Å². The zero-order valence-corrected chi connectivity index (χ0v) is 8.75. The molecule has 2 aromatic rings. The van der Waals surface area contributed by atoms with Gasteiger partial charge in [0, 0.05) is 11.6 Å². The topological polar surface area (TPSA) is 74.2 Å². The molecule has 0 saturated heterocycles. The van der Waals surface area contributed by atoms with E-state index < -0.39 is 0 Å². The molecule has 0 radical (unpaired) electrons. The van der Waals surface area contributed by atoms with E-state index in [0.29, 0.717) is 5.89 Å². The van der Waals surface area contributed by atoms with Gasteiger partial charge in [-0.2, -0.15) is 0 Å². The molecule has 2 rings (SSSR count). The predicted octanol–water partition coefficient (Wildman–Crippen LogP) is 1.83. The van der Waals surface area contributed by atoms with E-state index in [1.54, 1.807) is 13.2 Å². The summed E-state index contributed by atoms with van der Waals surface area (Å²) in [4.78, 5) is 0. The fourth-order valence-corrected chi connectivity index (χ4v) is 1.28. The van der Waals surface area contributed by atoms with Crippen LogP contribution in [0.3, 0.4) is 0 Å². The number of rotatable bonds is 3. The highest BCUT2D eigenvalue weighted by Crippen LogP contribution is 2.19. The van der Waals surface area contributed by atoms with Gasteiger partial charge >= 0.3 is 6.01 Å². The quantitative estimate of drug-likeness (QED) is 0.848. The maximum Gasteiger partial charge on any atom is 0.313 e. The number of methoxy groups -OCH3 is 1. The van der Waals surface area contributed by atoms with Gasteiger partial charge in [0.1, 0.15) is 5.75 Å². The van der Waals surface area contributed by atoms with Crippen molar-refractivity contribution in [2.45, 2.75) is 0 Å². The summed E-state index contributed by atoms with van der Waals surface area (Å²) in [5.74, 6) is 1.15. The summed E-state index contributed by atoms with van der Waals surface area (Å²) in [7, 11) is 1.62. The van der Waals surface area contributed by atoms with Crippen LogP contribution >= 0.6 is 0 Å². The van der Waals surface area contributed by atoms with E-state index in [0.717, 1.165) is 11.3 Å². The Balaban J connectivity index is 2.23. The molecule has 5 nitrogen and oxygen atoms in total. The van der Waals surface area contributed by atoms with Crippen LogP contribution in [0.25, 0.3) is 12.2 Å². The molecule has 0 aliphatic rings. The van der Waals surface area contributed by atoms with Crippen LogP contribution in [0, 0.1) is 0 Å². The number of nitrogen functional groups attached to an aromatic ring is 1. The smallest absolute Gasteiger partial charge is 0.313 e. The van der Waals surface area contributed by atoms with Crippen LogP contribution in [0.2, 0.25) is 0 Å². The maximum atomic E-state index is 5.30. The van der Waals surface area contributed by atoms with E-state index in [4.69, 9.17) is 14.9 Å². The number of nitrogens with two attached hydrogens (primary N) is 1. The largest absolute Gasteiger partial charge is 0.496 e. The molecule has 1 aromatic carbocycles. The molecule has 0 atom stereocenters. The first-order chi connectivity index (χ1) is 7.79. The third kappa shape index (κ3) is 2.20. The van der Waals surface area contributed by atoms with Crippen LogP contribution in [0.5, 0.6) is 5.75 Å². The second kappa shape index (κ2) is 4.48. The standard InChI is InChI=1S/C11H11N3O2/c1-15-9-5-3-2-4-8(9)6-7-10-13-14-11(12)16-10/h2-7H,1H3,(H2,12,14)/b7-6+. The number of nitrogens with zero attached hydrogens (tertiary/aromatic N) is 2. The molecule has 0 aliphatic carbocycles. The lowest BCUT2D eigenvalue weighted by atomic mass is 10.2. The summed E-state index contributed by atoms with van der Waals surface area (Å²) in [6, 6.07) is 7.68. The van der Waals surface area contributed by atoms with Crippen LogP contribution in [-0.4, -0.2) is 17.3 Å². The summed E-state index contributed by atoms with van der Waals surface area (Å²) in [5, 5.41) is 7.27. The Morgan fingerprint density at radius 2 is 2.06 bits per heavy atom. The number of ether oxygens (including phenoxy) is 1. The Hall–Kier alpha value is -2.30. The van der Waals surface area contributed by atoms with E-state index in [2.05, 4.69) is 10.2 Å². The lowest BCUT2D eigenvalue weighted by Gasteiger charge is -2.02. The highest BCUT2D eigenvalue weighted by atomic mass is 16.5. The molecule has 0 saturated carbocycles. The van der Waals surface area contributed by atoms with Crippen molar-refractivity contribution in [2.24, 2.45) is 0 Å².